The van der Waals surface area contributed by atoms with Crippen LogP contribution in [0.4, 0.5) is 0 Å². The van der Waals surface area contributed by atoms with Gasteiger partial charge in [0, 0.05) is 26.9 Å². The minimum absolute atomic E-state index is 0.716. The predicted molar refractivity (Wildman–Crippen MR) is 194 cm³/mol. The molecule has 0 amide bonds. The van der Waals surface area contributed by atoms with E-state index in [0.29, 0.717) is 5.58 Å². The molecule has 8 aromatic carbocycles. The van der Waals surface area contributed by atoms with Crippen molar-refractivity contribution in [3.8, 4) is 22.3 Å². The molecule has 0 radical (unpaired) electrons. The lowest BCUT2D eigenvalue weighted by molar-refractivity contribution is 0.632. The van der Waals surface area contributed by atoms with Crippen LogP contribution in [0.3, 0.4) is 0 Å². The number of furan rings is 3. The van der Waals surface area contributed by atoms with Crippen LogP contribution < -0.4 is 0 Å². The van der Waals surface area contributed by atoms with E-state index < -0.39 is 0 Å². The fraction of sp³-hybridized carbons (Fsp3) is 0. The van der Waals surface area contributed by atoms with E-state index in [1.54, 1.807) is 0 Å². The Morgan fingerprint density at radius 1 is 0.277 bits per heavy atom. The Kier molecular flexibility index (Phi) is 4.84. The number of benzene rings is 8. The fourth-order valence-electron chi connectivity index (χ4n) is 7.92. The summed E-state index contributed by atoms with van der Waals surface area (Å²) in [5, 5.41) is 11.0. The summed E-state index contributed by atoms with van der Waals surface area (Å²) < 4.78 is 20.0. The van der Waals surface area contributed by atoms with Crippen molar-refractivity contribution in [2.45, 2.75) is 0 Å². The van der Waals surface area contributed by atoms with Crippen LogP contribution in [0.25, 0.3) is 110 Å². The molecule has 0 aliphatic carbocycles. The van der Waals surface area contributed by atoms with E-state index in [2.05, 4.69) is 115 Å². The third-order valence-electron chi connectivity index (χ3n) is 9.85. The quantitative estimate of drug-likeness (QED) is 0.185. The smallest absolute Gasteiger partial charge is 0.182 e. The van der Waals surface area contributed by atoms with Crippen molar-refractivity contribution in [1.29, 1.82) is 0 Å². The first-order valence-corrected chi connectivity index (χ1v) is 15.9. The highest BCUT2D eigenvalue weighted by Crippen LogP contribution is 2.49. The van der Waals surface area contributed by atoms with Crippen molar-refractivity contribution in [1.82, 2.24) is 0 Å². The SMILES string of the molecule is c1ccc(-c2c3ccccc3c(-c3ccc4c(c3)oc3c5oc6ccccc6c5c5oc6ccccc6c5c43)c3ccccc23)cc1. The fourth-order valence-corrected chi connectivity index (χ4v) is 7.92. The van der Waals surface area contributed by atoms with Crippen molar-refractivity contribution in [2.75, 3.05) is 0 Å². The topological polar surface area (TPSA) is 39.4 Å². The van der Waals surface area contributed by atoms with E-state index in [4.69, 9.17) is 13.3 Å². The average Bonchev–Trinajstić information content (AvgIpc) is 3.82. The molecule has 3 heterocycles. The standard InChI is InChI=1S/C44H24O3/c1-2-12-25(13-3-1)37-27-14-4-6-16-29(27)38(30-17-7-5-15-28(30)37)26-22-23-33-36(24-26)47-43-40(33)39-31-18-8-10-20-34(31)45-42(39)41-32-19-9-11-21-35(32)46-44(41)43/h1-24H. The van der Waals surface area contributed by atoms with Crippen LogP contribution in [0.15, 0.2) is 159 Å². The lowest BCUT2D eigenvalue weighted by atomic mass is 9.86. The third kappa shape index (κ3) is 3.30. The van der Waals surface area contributed by atoms with Crippen molar-refractivity contribution in [3.63, 3.8) is 0 Å². The molecule has 0 spiro atoms. The summed E-state index contributed by atoms with van der Waals surface area (Å²) in [7, 11) is 0. The van der Waals surface area contributed by atoms with Crippen molar-refractivity contribution < 1.29 is 13.3 Å². The summed E-state index contributed by atoms with van der Waals surface area (Å²) >= 11 is 0. The minimum atomic E-state index is 0.716. The molecule has 11 aromatic rings. The van der Waals surface area contributed by atoms with Gasteiger partial charge in [0.15, 0.2) is 11.2 Å². The Labute approximate surface area is 267 Å². The Morgan fingerprint density at radius 3 is 1.34 bits per heavy atom. The lowest BCUT2D eigenvalue weighted by Crippen LogP contribution is -1.90. The van der Waals surface area contributed by atoms with Gasteiger partial charge in [-0.25, -0.2) is 0 Å². The highest BCUT2D eigenvalue weighted by atomic mass is 16.4. The molecule has 11 rings (SSSR count). The van der Waals surface area contributed by atoms with Gasteiger partial charge in [-0.3, -0.25) is 0 Å². The normalized spacial score (nSPS) is 12.3. The Bertz CT molecular complexity index is 3010. The van der Waals surface area contributed by atoms with E-state index in [9.17, 15) is 0 Å². The van der Waals surface area contributed by atoms with Gasteiger partial charge >= 0.3 is 0 Å². The van der Waals surface area contributed by atoms with E-state index in [1.165, 1.54) is 38.2 Å². The maximum Gasteiger partial charge on any atom is 0.182 e. The predicted octanol–water partition coefficient (Wildman–Crippen LogP) is 13.0. The zero-order valence-electron chi connectivity index (χ0n) is 25.1. The van der Waals surface area contributed by atoms with Crippen molar-refractivity contribution >= 4 is 87.4 Å². The van der Waals surface area contributed by atoms with Crippen LogP contribution in [-0.4, -0.2) is 0 Å². The number of para-hydroxylation sites is 2. The molecule has 3 nitrogen and oxygen atoms in total. The summed E-state index contributed by atoms with van der Waals surface area (Å²) in [4.78, 5) is 0. The first-order valence-electron chi connectivity index (χ1n) is 15.9. The monoisotopic (exact) mass is 600 g/mol. The van der Waals surface area contributed by atoms with Crippen LogP contribution in [0.1, 0.15) is 0 Å². The van der Waals surface area contributed by atoms with Gasteiger partial charge < -0.3 is 13.3 Å². The Balaban J connectivity index is 1.28. The van der Waals surface area contributed by atoms with Gasteiger partial charge in [-0.1, -0.05) is 121 Å². The molecule has 3 aromatic heterocycles. The molecule has 0 bridgehead atoms. The molecule has 0 N–H and O–H groups in total. The van der Waals surface area contributed by atoms with E-state index in [1.807, 2.05) is 30.3 Å². The minimum Gasteiger partial charge on any atom is -0.455 e. The second-order valence-electron chi connectivity index (χ2n) is 12.3. The Morgan fingerprint density at radius 2 is 0.702 bits per heavy atom. The summed E-state index contributed by atoms with van der Waals surface area (Å²) in [5.74, 6) is 0. The van der Waals surface area contributed by atoms with E-state index >= 15 is 0 Å². The largest absolute Gasteiger partial charge is 0.455 e. The van der Waals surface area contributed by atoms with Gasteiger partial charge in [-0.2, -0.15) is 0 Å². The third-order valence-corrected chi connectivity index (χ3v) is 9.85. The molecule has 0 aliphatic rings. The van der Waals surface area contributed by atoms with Crippen LogP contribution in [0.2, 0.25) is 0 Å². The summed E-state index contributed by atoms with van der Waals surface area (Å²) in [6, 6.07) is 51.2. The molecule has 3 heteroatoms. The van der Waals surface area contributed by atoms with Crippen LogP contribution in [-0.2, 0) is 0 Å². The van der Waals surface area contributed by atoms with Gasteiger partial charge in [0.25, 0.3) is 0 Å². The summed E-state index contributed by atoms with van der Waals surface area (Å²) in [5.41, 5.74) is 9.56. The van der Waals surface area contributed by atoms with Crippen LogP contribution in [0, 0.1) is 0 Å². The maximum atomic E-state index is 6.87. The van der Waals surface area contributed by atoms with Crippen LogP contribution >= 0.6 is 0 Å². The van der Waals surface area contributed by atoms with Gasteiger partial charge in [-0.15, -0.1) is 0 Å². The second-order valence-corrected chi connectivity index (χ2v) is 12.3. The molecular formula is C44H24O3. The first kappa shape index (κ1) is 24.9. The second kappa shape index (κ2) is 9.12. The number of rotatable bonds is 2. The molecular weight excluding hydrogens is 576 g/mol. The molecule has 0 fully saturated rings. The lowest BCUT2D eigenvalue weighted by Gasteiger charge is -2.17. The first-order chi connectivity index (χ1) is 23.3. The summed E-state index contributed by atoms with van der Waals surface area (Å²) in [6.07, 6.45) is 0. The molecule has 0 atom stereocenters. The van der Waals surface area contributed by atoms with E-state index in [0.717, 1.165) is 65.8 Å². The number of hydrogen-bond acceptors (Lipinski definition) is 3. The zero-order valence-corrected chi connectivity index (χ0v) is 25.1. The molecule has 218 valence electrons. The maximum absolute atomic E-state index is 6.87. The van der Waals surface area contributed by atoms with Gasteiger partial charge in [-0.05, 0) is 68.1 Å². The van der Waals surface area contributed by atoms with Crippen molar-refractivity contribution in [2.24, 2.45) is 0 Å². The summed E-state index contributed by atoms with van der Waals surface area (Å²) in [6.45, 7) is 0. The number of hydrogen-bond donors (Lipinski definition) is 0. The highest BCUT2D eigenvalue weighted by Gasteiger charge is 2.25. The highest BCUT2D eigenvalue weighted by molar-refractivity contribution is 6.37. The molecule has 0 saturated carbocycles. The average molecular weight is 601 g/mol. The zero-order chi connectivity index (χ0) is 30.6. The van der Waals surface area contributed by atoms with E-state index in [-0.39, 0.29) is 0 Å². The molecule has 0 unspecified atom stereocenters. The number of fused-ring (bicyclic) bond motifs is 14. The van der Waals surface area contributed by atoms with Crippen molar-refractivity contribution in [3.05, 3.63) is 146 Å². The molecule has 47 heavy (non-hydrogen) atoms. The van der Waals surface area contributed by atoms with Gasteiger partial charge in [0.05, 0.1) is 5.39 Å². The molecule has 0 aliphatic heterocycles. The van der Waals surface area contributed by atoms with Gasteiger partial charge in [0.2, 0.25) is 0 Å². The van der Waals surface area contributed by atoms with Gasteiger partial charge in [0.1, 0.15) is 22.3 Å². The molecule has 0 saturated heterocycles. The van der Waals surface area contributed by atoms with Crippen LogP contribution in [0.5, 0.6) is 0 Å². The Hall–Kier alpha value is -6.32.